The maximum atomic E-state index is 12.4. The first kappa shape index (κ1) is 19.9. The SMILES string of the molecule is COc1cc(OC)cc(C(=O)Oc2ccc(C(=O)Nc3ccc(C)cc3)cc2)c1. The van der Waals surface area contributed by atoms with E-state index < -0.39 is 5.97 Å². The van der Waals surface area contributed by atoms with Crippen LogP contribution >= 0.6 is 0 Å². The Bertz CT molecular complexity index is 988. The van der Waals surface area contributed by atoms with Crippen LogP contribution in [0.1, 0.15) is 26.3 Å². The van der Waals surface area contributed by atoms with Crippen LogP contribution < -0.4 is 19.5 Å². The third-order valence-corrected chi connectivity index (χ3v) is 4.22. The highest BCUT2D eigenvalue weighted by Gasteiger charge is 2.13. The van der Waals surface area contributed by atoms with Crippen LogP contribution in [-0.4, -0.2) is 26.1 Å². The number of carbonyl (C=O) groups excluding carboxylic acids is 2. The first-order valence-electron chi connectivity index (χ1n) is 8.92. The number of benzene rings is 3. The highest BCUT2D eigenvalue weighted by molar-refractivity contribution is 6.04. The van der Waals surface area contributed by atoms with Gasteiger partial charge in [0.15, 0.2) is 0 Å². The highest BCUT2D eigenvalue weighted by atomic mass is 16.5. The van der Waals surface area contributed by atoms with Gasteiger partial charge >= 0.3 is 5.97 Å². The van der Waals surface area contributed by atoms with Gasteiger partial charge in [-0.2, -0.15) is 0 Å². The van der Waals surface area contributed by atoms with E-state index in [2.05, 4.69) is 5.32 Å². The maximum Gasteiger partial charge on any atom is 0.343 e. The lowest BCUT2D eigenvalue weighted by Crippen LogP contribution is -2.12. The van der Waals surface area contributed by atoms with Gasteiger partial charge in [-0.25, -0.2) is 4.79 Å². The highest BCUT2D eigenvalue weighted by Crippen LogP contribution is 2.24. The largest absolute Gasteiger partial charge is 0.497 e. The Labute approximate surface area is 169 Å². The molecule has 1 N–H and O–H groups in total. The fraction of sp³-hybridized carbons (Fsp3) is 0.130. The molecule has 0 atom stereocenters. The number of hydrogen-bond acceptors (Lipinski definition) is 5. The van der Waals surface area contributed by atoms with Crippen molar-refractivity contribution in [2.45, 2.75) is 6.92 Å². The lowest BCUT2D eigenvalue weighted by molar-refractivity contribution is 0.0734. The molecular weight excluding hydrogens is 370 g/mol. The number of amides is 1. The minimum Gasteiger partial charge on any atom is -0.497 e. The second kappa shape index (κ2) is 8.93. The van der Waals surface area contributed by atoms with Gasteiger partial charge in [0.2, 0.25) is 0 Å². The van der Waals surface area contributed by atoms with E-state index in [1.807, 2.05) is 31.2 Å². The number of ether oxygens (including phenoxy) is 3. The van der Waals surface area contributed by atoms with Crippen molar-refractivity contribution in [3.8, 4) is 17.2 Å². The molecule has 1 amide bonds. The Kier molecular flexibility index (Phi) is 6.14. The molecule has 148 valence electrons. The summed E-state index contributed by atoms with van der Waals surface area (Å²) >= 11 is 0. The Hall–Kier alpha value is -3.80. The molecule has 0 saturated heterocycles. The number of aryl methyl sites for hydroxylation is 1. The van der Waals surface area contributed by atoms with E-state index in [9.17, 15) is 9.59 Å². The molecule has 0 aliphatic heterocycles. The van der Waals surface area contributed by atoms with Crippen LogP contribution in [0.5, 0.6) is 17.2 Å². The minimum atomic E-state index is -0.556. The molecule has 3 aromatic carbocycles. The monoisotopic (exact) mass is 391 g/mol. The van der Waals surface area contributed by atoms with Crippen LogP contribution in [0.15, 0.2) is 66.7 Å². The molecular formula is C23H21NO5. The summed E-state index contributed by atoms with van der Waals surface area (Å²) in [5.41, 5.74) is 2.57. The minimum absolute atomic E-state index is 0.246. The first-order chi connectivity index (χ1) is 14.0. The molecule has 0 aliphatic rings. The van der Waals surface area contributed by atoms with Crippen molar-refractivity contribution >= 4 is 17.6 Å². The zero-order valence-corrected chi connectivity index (χ0v) is 16.4. The smallest absolute Gasteiger partial charge is 0.343 e. The normalized spacial score (nSPS) is 10.2. The van der Waals surface area contributed by atoms with Gasteiger partial charge in [-0.15, -0.1) is 0 Å². The van der Waals surface area contributed by atoms with Gasteiger partial charge < -0.3 is 19.5 Å². The Morgan fingerprint density at radius 1 is 0.724 bits per heavy atom. The summed E-state index contributed by atoms with van der Waals surface area (Å²) in [6.07, 6.45) is 0. The molecule has 3 aromatic rings. The fourth-order valence-corrected chi connectivity index (χ4v) is 2.61. The van der Waals surface area contributed by atoms with Crippen LogP contribution in [0.4, 0.5) is 5.69 Å². The summed E-state index contributed by atoms with van der Waals surface area (Å²) in [6.45, 7) is 1.98. The van der Waals surface area contributed by atoms with Gasteiger partial charge in [-0.1, -0.05) is 17.7 Å². The summed E-state index contributed by atoms with van der Waals surface area (Å²) in [5, 5.41) is 2.82. The third kappa shape index (κ3) is 5.13. The van der Waals surface area contributed by atoms with Crippen molar-refractivity contribution in [1.82, 2.24) is 0 Å². The molecule has 6 heteroatoms. The van der Waals surface area contributed by atoms with Crippen molar-refractivity contribution in [3.63, 3.8) is 0 Å². The summed E-state index contributed by atoms with van der Waals surface area (Å²) in [6, 6.07) is 18.6. The van der Waals surface area contributed by atoms with E-state index >= 15 is 0 Å². The van der Waals surface area contributed by atoms with Crippen molar-refractivity contribution in [1.29, 1.82) is 0 Å². The maximum absolute atomic E-state index is 12.4. The van der Waals surface area contributed by atoms with Crippen LogP contribution in [0, 0.1) is 6.92 Å². The summed E-state index contributed by atoms with van der Waals surface area (Å²) in [5.74, 6) is 0.492. The summed E-state index contributed by atoms with van der Waals surface area (Å²) in [7, 11) is 3.01. The van der Waals surface area contributed by atoms with E-state index in [-0.39, 0.29) is 5.91 Å². The van der Waals surface area contributed by atoms with Gasteiger partial charge in [0.25, 0.3) is 5.91 Å². The molecule has 0 unspecified atom stereocenters. The second-order valence-corrected chi connectivity index (χ2v) is 6.34. The molecule has 0 saturated carbocycles. The van der Waals surface area contributed by atoms with Crippen LogP contribution in [0.3, 0.4) is 0 Å². The first-order valence-corrected chi connectivity index (χ1v) is 8.92. The van der Waals surface area contributed by atoms with Gasteiger partial charge in [-0.05, 0) is 55.5 Å². The number of rotatable bonds is 6. The second-order valence-electron chi connectivity index (χ2n) is 6.34. The molecule has 0 aliphatic carbocycles. The van der Waals surface area contributed by atoms with Crippen LogP contribution in [0.25, 0.3) is 0 Å². The molecule has 0 fully saturated rings. The molecule has 0 aromatic heterocycles. The lowest BCUT2D eigenvalue weighted by Gasteiger charge is -2.09. The quantitative estimate of drug-likeness (QED) is 0.495. The molecule has 6 nitrogen and oxygen atoms in total. The Balaban J connectivity index is 1.68. The van der Waals surface area contributed by atoms with Gasteiger partial charge in [0.1, 0.15) is 17.2 Å². The predicted molar refractivity (Wildman–Crippen MR) is 110 cm³/mol. The molecule has 3 rings (SSSR count). The molecule has 0 spiro atoms. The molecule has 29 heavy (non-hydrogen) atoms. The van der Waals surface area contributed by atoms with Gasteiger partial charge in [-0.3, -0.25) is 4.79 Å². The zero-order chi connectivity index (χ0) is 20.8. The third-order valence-electron chi connectivity index (χ3n) is 4.22. The van der Waals surface area contributed by atoms with Crippen molar-refractivity contribution in [2.24, 2.45) is 0 Å². The van der Waals surface area contributed by atoms with E-state index in [1.54, 1.807) is 42.5 Å². The summed E-state index contributed by atoms with van der Waals surface area (Å²) in [4.78, 5) is 24.8. The standard InChI is InChI=1S/C23H21NO5/c1-15-4-8-18(9-5-15)24-22(25)16-6-10-19(11-7-16)29-23(26)17-12-20(27-2)14-21(13-17)28-3/h4-14H,1-3H3,(H,24,25). The number of methoxy groups -OCH3 is 2. The average Bonchev–Trinajstić information content (AvgIpc) is 2.75. The predicted octanol–water partition coefficient (Wildman–Crippen LogP) is 4.48. The Morgan fingerprint density at radius 3 is 1.86 bits per heavy atom. The van der Waals surface area contributed by atoms with E-state index in [1.165, 1.54) is 14.2 Å². The van der Waals surface area contributed by atoms with Crippen molar-refractivity contribution < 1.29 is 23.8 Å². The van der Waals surface area contributed by atoms with E-state index in [0.29, 0.717) is 34.1 Å². The number of carbonyl (C=O) groups is 2. The summed E-state index contributed by atoms with van der Waals surface area (Å²) < 4.78 is 15.7. The van der Waals surface area contributed by atoms with Crippen LogP contribution in [-0.2, 0) is 0 Å². The Morgan fingerprint density at radius 2 is 1.31 bits per heavy atom. The molecule has 0 radical (unpaired) electrons. The number of esters is 1. The number of hydrogen-bond donors (Lipinski definition) is 1. The molecule has 0 heterocycles. The van der Waals surface area contributed by atoms with E-state index in [0.717, 1.165) is 5.56 Å². The fourth-order valence-electron chi connectivity index (χ4n) is 2.61. The van der Waals surface area contributed by atoms with Gasteiger partial charge in [0.05, 0.1) is 19.8 Å². The van der Waals surface area contributed by atoms with E-state index in [4.69, 9.17) is 14.2 Å². The van der Waals surface area contributed by atoms with Crippen molar-refractivity contribution in [2.75, 3.05) is 19.5 Å². The lowest BCUT2D eigenvalue weighted by atomic mass is 10.2. The number of anilines is 1. The molecule has 0 bridgehead atoms. The average molecular weight is 391 g/mol. The van der Waals surface area contributed by atoms with Crippen LogP contribution in [0.2, 0.25) is 0 Å². The number of nitrogens with one attached hydrogen (secondary N) is 1. The van der Waals surface area contributed by atoms with Crippen molar-refractivity contribution in [3.05, 3.63) is 83.4 Å². The van der Waals surface area contributed by atoms with Gasteiger partial charge in [0, 0.05) is 17.3 Å². The topological polar surface area (TPSA) is 73.9 Å². The zero-order valence-electron chi connectivity index (χ0n) is 16.4.